The van der Waals surface area contributed by atoms with Gasteiger partial charge in [-0.25, -0.2) is 8.42 Å². The molecule has 0 aromatic rings. The molecule has 13 heteroatoms. The van der Waals surface area contributed by atoms with Crippen molar-refractivity contribution in [2.75, 3.05) is 24.6 Å². The fourth-order valence-electron chi connectivity index (χ4n) is 7.21. The number of amides is 1. The van der Waals surface area contributed by atoms with Crippen LogP contribution < -0.4 is 10.4 Å². The molecule has 0 aromatic carbocycles. The summed E-state index contributed by atoms with van der Waals surface area (Å²) in [6, 6.07) is 0. The first kappa shape index (κ1) is 66.8. The van der Waals surface area contributed by atoms with Crippen molar-refractivity contribution >= 4 is 69.8 Å². The Bertz CT molecular complexity index is 1280. The molecule has 0 fully saturated rings. The van der Waals surface area contributed by atoms with Crippen molar-refractivity contribution < 1.29 is 35.8 Å². The number of hydrogen-bond donors (Lipinski definition) is 2. The summed E-state index contributed by atoms with van der Waals surface area (Å²) >= 11 is 0. The minimum absolute atomic E-state index is 0. The van der Waals surface area contributed by atoms with Crippen LogP contribution in [0.4, 0.5) is 0 Å². The van der Waals surface area contributed by atoms with Gasteiger partial charge in [-0.15, -0.1) is 0 Å². The third kappa shape index (κ3) is 65.9. The Morgan fingerprint density at radius 1 is 0.492 bits per heavy atom. The van der Waals surface area contributed by atoms with Crippen LogP contribution in [0.3, 0.4) is 0 Å². The summed E-state index contributed by atoms with van der Waals surface area (Å²) in [5.74, 6) is -0.961. The monoisotopic (exact) mass is 957 g/mol. The number of nitrogens with one attached hydrogen (secondary N) is 1. The molecule has 0 spiro atoms. The number of nitrogens with zero attached hydrogens (tertiary/aromatic N) is 1. The minimum Gasteiger partial charge on any atom is -0.862 e. The number of unbranched alkanes of at least 4 members (excludes halogenated alkanes) is 30. The molecule has 1 amide bonds. The predicted molar refractivity (Wildman–Crippen MR) is 267 cm³/mol. The van der Waals surface area contributed by atoms with Crippen molar-refractivity contribution in [2.24, 2.45) is 4.99 Å². The smallest absolute Gasteiger partial charge is 0.862 e. The van der Waals surface area contributed by atoms with Gasteiger partial charge in [0.1, 0.15) is 0 Å². The molecule has 0 aromatic heterocycles. The maximum atomic E-state index is 11.6. The molecule has 0 unspecified atom stereocenters. The van der Waals surface area contributed by atoms with Gasteiger partial charge in [-0.3, -0.25) is 9.35 Å². The Morgan fingerprint density at radius 2 is 0.825 bits per heavy atom. The van der Waals surface area contributed by atoms with Gasteiger partial charge < -0.3 is 20.0 Å². The van der Waals surface area contributed by atoms with E-state index in [2.05, 4.69) is 48.5 Å². The van der Waals surface area contributed by atoms with Gasteiger partial charge in [0.2, 0.25) is 5.91 Å². The fraction of sp³-hybridized carbons (Fsp3) is 0.880. The summed E-state index contributed by atoms with van der Waals surface area (Å²) < 4.78 is 61.1. The first-order valence-corrected chi connectivity index (χ1v) is 28.8. The zero-order chi connectivity index (χ0) is 46.1. The number of rotatable bonds is 46. The van der Waals surface area contributed by atoms with Crippen LogP contribution in [0.25, 0.3) is 0 Å². The van der Waals surface area contributed by atoms with E-state index in [9.17, 15) is 31.3 Å². The second kappa shape index (κ2) is 52.5. The molecule has 0 aliphatic rings. The largest absolute Gasteiger partial charge is 2.00 e. The standard InChI is InChI=1S/2C25H49NO4S.Ca/c2*1-2-3-4-5-6-7-8-9-10-11-12-13-14-15-16-17-18-19-20-22-25(27)26-23-21-24-31(28,29)30;/h2*11-12H,2-10,13-24H2,1H3,(H,26,27)(H,28,29,30);/q;;+2/p-2/b2*12-11+;. The summed E-state index contributed by atoms with van der Waals surface area (Å²) in [4.78, 5) is 15.4. The zero-order valence-corrected chi connectivity index (χ0v) is 44.6. The minimum atomic E-state index is -4.19. The van der Waals surface area contributed by atoms with Gasteiger partial charge in [-0.1, -0.05) is 192 Å². The van der Waals surface area contributed by atoms with Crippen LogP contribution in [0.15, 0.2) is 29.3 Å². The Balaban J connectivity index is -0.00000112. The van der Waals surface area contributed by atoms with Crippen molar-refractivity contribution in [3.8, 4) is 0 Å². The average Bonchev–Trinajstić information content (AvgIpc) is 3.22. The second-order valence-corrected chi connectivity index (χ2v) is 20.5. The summed E-state index contributed by atoms with van der Waals surface area (Å²) in [5.41, 5.74) is 0. The molecule has 0 bridgehead atoms. The van der Waals surface area contributed by atoms with E-state index in [4.69, 9.17) is 4.55 Å². The van der Waals surface area contributed by atoms with Gasteiger partial charge in [0.05, 0.1) is 15.9 Å². The van der Waals surface area contributed by atoms with Crippen LogP contribution in [0, 0.1) is 0 Å². The van der Waals surface area contributed by atoms with Crippen LogP contribution in [0.5, 0.6) is 0 Å². The van der Waals surface area contributed by atoms with Gasteiger partial charge in [-0.05, 0) is 89.4 Å². The van der Waals surface area contributed by atoms with Crippen molar-refractivity contribution in [3.05, 3.63) is 24.3 Å². The number of allylic oxidation sites excluding steroid dienone is 4. The maximum absolute atomic E-state index is 11.6. The quantitative estimate of drug-likeness (QED) is 0.0151. The molecule has 0 saturated heterocycles. The van der Waals surface area contributed by atoms with Gasteiger partial charge >= 0.3 is 37.7 Å². The molecule has 368 valence electrons. The molecular formula is C50H96CaN2O8S2. The molecule has 0 heterocycles. The van der Waals surface area contributed by atoms with E-state index < -0.39 is 26.0 Å². The second-order valence-electron chi connectivity index (χ2n) is 17.4. The molecular weight excluding hydrogens is 861 g/mol. The van der Waals surface area contributed by atoms with Crippen LogP contribution in [0.1, 0.15) is 258 Å². The van der Waals surface area contributed by atoms with Crippen molar-refractivity contribution in [1.82, 2.24) is 5.32 Å². The van der Waals surface area contributed by atoms with Crippen LogP contribution >= 0.6 is 0 Å². The topological polar surface area (TPSA) is 176 Å². The van der Waals surface area contributed by atoms with E-state index in [0.29, 0.717) is 19.4 Å². The van der Waals surface area contributed by atoms with E-state index in [-0.39, 0.29) is 74.7 Å². The predicted octanol–water partition coefficient (Wildman–Crippen LogP) is 12.9. The van der Waals surface area contributed by atoms with Crippen molar-refractivity contribution in [3.63, 3.8) is 0 Å². The third-order valence-electron chi connectivity index (χ3n) is 11.1. The van der Waals surface area contributed by atoms with E-state index in [0.717, 1.165) is 32.1 Å². The van der Waals surface area contributed by atoms with Crippen LogP contribution in [-0.2, 0) is 25.0 Å². The Labute approximate surface area is 419 Å². The van der Waals surface area contributed by atoms with Gasteiger partial charge in [0.15, 0.2) is 0 Å². The number of hydrogen-bond acceptors (Lipinski definition) is 8. The third-order valence-corrected chi connectivity index (χ3v) is 12.7. The number of aliphatic imine (C=N–C) groups is 1. The van der Waals surface area contributed by atoms with E-state index >= 15 is 0 Å². The molecule has 0 rings (SSSR count). The van der Waals surface area contributed by atoms with E-state index in [1.165, 1.54) is 186 Å². The van der Waals surface area contributed by atoms with Crippen LogP contribution in [-0.4, -0.2) is 100 Å². The zero-order valence-electron chi connectivity index (χ0n) is 40.8. The van der Waals surface area contributed by atoms with Gasteiger partial charge in [-0.2, -0.15) is 8.42 Å². The molecule has 63 heavy (non-hydrogen) atoms. The summed E-state index contributed by atoms with van der Waals surface area (Å²) in [7, 11) is -8.12. The van der Waals surface area contributed by atoms with Gasteiger partial charge in [0, 0.05) is 25.3 Å². The molecule has 0 atom stereocenters. The summed E-state index contributed by atoms with van der Waals surface area (Å²) in [6.45, 7) is 4.96. The van der Waals surface area contributed by atoms with Gasteiger partial charge in [0.25, 0.3) is 10.1 Å². The summed E-state index contributed by atoms with van der Waals surface area (Å²) in [6.07, 6.45) is 54.0. The Kier molecular flexibility index (Phi) is 55.6. The Morgan fingerprint density at radius 3 is 1.17 bits per heavy atom. The average molecular weight is 958 g/mol. The fourth-order valence-corrected chi connectivity index (χ4v) is 8.20. The van der Waals surface area contributed by atoms with Crippen LogP contribution in [0.2, 0.25) is 0 Å². The molecule has 10 nitrogen and oxygen atoms in total. The molecule has 0 saturated carbocycles. The first-order valence-electron chi connectivity index (χ1n) is 25.6. The van der Waals surface area contributed by atoms with E-state index in [1.807, 2.05) is 0 Å². The Hall–Kier alpha value is -0.500. The summed E-state index contributed by atoms with van der Waals surface area (Å²) in [5, 5.41) is 14.2. The van der Waals surface area contributed by atoms with Crippen molar-refractivity contribution in [1.29, 1.82) is 0 Å². The first-order chi connectivity index (χ1) is 29.9. The molecule has 0 aliphatic heterocycles. The van der Waals surface area contributed by atoms with E-state index in [1.54, 1.807) is 0 Å². The van der Waals surface area contributed by atoms with Crippen molar-refractivity contribution in [2.45, 2.75) is 258 Å². The maximum Gasteiger partial charge on any atom is 2.00 e. The normalized spacial score (nSPS) is 12.2. The SMILES string of the molecule is CCCCCCCCCC/C=C/CCCCCCCCCC(=O)NCCCS(=O)(=O)O.CCCCCCCCCC/C=C/CCCCCCCCCC([O-])=NCCCS(=O)(=O)[O-].[Ca+2]. The number of carbonyl (C=O) groups is 1. The molecule has 0 aliphatic carbocycles. The number of carbonyl (C=O) groups excluding carboxylic acids is 1. The molecule has 2 N–H and O–H groups in total. The molecule has 0 radical (unpaired) electrons.